The molecule has 0 aliphatic carbocycles. The van der Waals surface area contributed by atoms with Gasteiger partial charge in [-0.3, -0.25) is 4.79 Å². The molecule has 1 aromatic carbocycles. The number of likely N-dealkylation sites (tertiary alicyclic amines) is 1. The summed E-state index contributed by atoms with van der Waals surface area (Å²) in [6, 6.07) is 5.44. The summed E-state index contributed by atoms with van der Waals surface area (Å²) in [4.78, 5) is 23.0. The van der Waals surface area contributed by atoms with Gasteiger partial charge in [0.2, 0.25) is 11.8 Å². The van der Waals surface area contributed by atoms with Gasteiger partial charge in [-0.2, -0.15) is 4.98 Å². The number of halogens is 1. The number of ether oxygens (including phenoxy) is 2. The average Bonchev–Trinajstić information content (AvgIpc) is 2.69. The van der Waals surface area contributed by atoms with Crippen molar-refractivity contribution >= 4 is 33.5 Å². The fourth-order valence-electron chi connectivity index (χ4n) is 2.89. The van der Waals surface area contributed by atoms with Crippen molar-refractivity contribution in [3.8, 4) is 11.6 Å². The van der Waals surface area contributed by atoms with E-state index in [9.17, 15) is 4.79 Å². The van der Waals surface area contributed by atoms with Crippen molar-refractivity contribution in [3.05, 3.63) is 34.4 Å². The Kier molecular flexibility index (Phi) is 6.12. The van der Waals surface area contributed by atoms with E-state index in [-0.39, 0.29) is 11.9 Å². The Morgan fingerprint density at radius 2 is 2.04 bits per heavy atom. The number of nitrogens with two attached hydrogens (primary N) is 1. The van der Waals surface area contributed by atoms with Gasteiger partial charge in [0, 0.05) is 24.7 Å². The summed E-state index contributed by atoms with van der Waals surface area (Å²) >= 11 is 3.32. The zero-order valence-electron chi connectivity index (χ0n) is 15.2. The van der Waals surface area contributed by atoms with Crippen LogP contribution in [0, 0.1) is 0 Å². The van der Waals surface area contributed by atoms with E-state index in [1.165, 1.54) is 7.11 Å². The first kappa shape index (κ1) is 19.4. The topological polar surface area (TPSA) is 103 Å². The van der Waals surface area contributed by atoms with E-state index in [1.54, 1.807) is 31.5 Å². The highest BCUT2D eigenvalue weighted by molar-refractivity contribution is 9.10. The van der Waals surface area contributed by atoms with E-state index in [0.29, 0.717) is 46.4 Å². The van der Waals surface area contributed by atoms with Crippen molar-refractivity contribution < 1.29 is 14.3 Å². The van der Waals surface area contributed by atoms with Gasteiger partial charge in [-0.1, -0.05) is 0 Å². The lowest BCUT2D eigenvalue weighted by molar-refractivity contribution is 0.0714. The Balaban J connectivity index is 1.79. The second-order valence-electron chi connectivity index (χ2n) is 6.22. The lowest BCUT2D eigenvalue weighted by atomic mass is 10.0. The predicted molar refractivity (Wildman–Crippen MR) is 106 cm³/mol. The van der Waals surface area contributed by atoms with Crippen molar-refractivity contribution in [2.24, 2.45) is 5.73 Å². The van der Waals surface area contributed by atoms with Crippen LogP contribution in [0.5, 0.6) is 11.6 Å². The Labute approximate surface area is 166 Å². The molecule has 0 atom stereocenters. The zero-order chi connectivity index (χ0) is 19.4. The van der Waals surface area contributed by atoms with Crippen molar-refractivity contribution in [2.45, 2.75) is 18.9 Å². The molecule has 3 N–H and O–H groups in total. The van der Waals surface area contributed by atoms with Crippen molar-refractivity contribution in [2.75, 3.05) is 32.6 Å². The summed E-state index contributed by atoms with van der Waals surface area (Å²) in [5, 5.41) is 3.09. The quantitative estimate of drug-likeness (QED) is 0.743. The van der Waals surface area contributed by atoms with Gasteiger partial charge in [-0.05, 0) is 47.0 Å². The standard InChI is InChI=1S/C18H22BrN5O3/c1-26-15-9-11(17(25)24-7-5-12(20)6-8-24)3-4-14(15)22-18-21-10-13(19)16(23-18)27-2/h3-4,9-10,12H,5-8,20H2,1-2H3,(H,21,22,23). The normalized spacial score (nSPS) is 14.7. The molecule has 1 fully saturated rings. The van der Waals surface area contributed by atoms with Crippen LogP contribution < -0.4 is 20.5 Å². The molecule has 144 valence electrons. The number of carbonyl (C=O) groups excluding carboxylic acids is 1. The lowest BCUT2D eigenvalue weighted by Gasteiger charge is -2.30. The van der Waals surface area contributed by atoms with E-state index in [1.807, 2.05) is 4.90 Å². The van der Waals surface area contributed by atoms with Crippen LogP contribution in [0.1, 0.15) is 23.2 Å². The van der Waals surface area contributed by atoms with E-state index in [0.717, 1.165) is 12.8 Å². The Morgan fingerprint density at radius 1 is 1.30 bits per heavy atom. The van der Waals surface area contributed by atoms with Gasteiger partial charge in [0.1, 0.15) is 5.75 Å². The second-order valence-corrected chi connectivity index (χ2v) is 7.07. The van der Waals surface area contributed by atoms with E-state index in [4.69, 9.17) is 15.2 Å². The molecule has 8 nitrogen and oxygen atoms in total. The fourth-order valence-corrected chi connectivity index (χ4v) is 3.24. The lowest BCUT2D eigenvalue weighted by Crippen LogP contribution is -2.42. The number of carbonyl (C=O) groups is 1. The van der Waals surface area contributed by atoms with Gasteiger partial charge in [-0.25, -0.2) is 4.98 Å². The van der Waals surface area contributed by atoms with Crippen LogP contribution in [-0.2, 0) is 0 Å². The molecular weight excluding hydrogens is 414 g/mol. The third kappa shape index (κ3) is 4.48. The average molecular weight is 436 g/mol. The number of hydrogen-bond acceptors (Lipinski definition) is 7. The van der Waals surface area contributed by atoms with Crippen LogP contribution >= 0.6 is 15.9 Å². The third-order valence-electron chi connectivity index (χ3n) is 4.43. The number of piperidine rings is 1. The predicted octanol–water partition coefficient (Wildman–Crippen LogP) is 2.56. The number of nitrogens with one attached hydrogen (secondary N) is 1. The highest BCUT2D eigenvalue weighted by atomic mass is 79.9. The minimum atomic E-state index is -0.0201. The molecule has 2 heterocycles. The molecule has 0 saturated carbocycles. The molecule has 1 amide bonds. The van der Waals surface area contributed by atoms with Crippen LogP contribution in [0.15, 0.2) is 28.9 Å². The van der Waals surface area contributed by atoms with E-state index < -0.39 is 0 Å². The van der Waals surface area contributed by atoms with Gasteiger partial charge in [-0.15, -0.1) is 0 Å². The van der Waals surface area contributed by atoms with E-state index in [2.05, 4.69) is 31.2 Å². The molecule has 1 saturated heterocycles. The third-order valence-corrected chi connectivity index (χ3v) is 4.97. The molecule has 0 spiro atoms. The highest BCUT2D eigenvalue weighted by Crippen LogP contribution is 2.30. The molecular formula is C18H22BrN5O3. The highest BCUT2D eigenvalue weighted by Gasteiger charge is 2.22. The first-order valence-electron chi connectivity index (χ1n) is 8.58. The first-order valence-corrected chi connectivity index (χ1v) is 9.37. The van der Waals surface area contributed by atoms with Crippen LogP contribution in [0.4, 0.5) is 11.6 Å². The Bertz CT molecular complexity index is 825. The fraction of sp³-hybridized carbons (Fsp3) is 0.389. The van der Waals surface area contributed by atoms with Gasteiger partial charge < -0.3 is 25.4 Å². The summed E-state index contributed by atoms with van der Waals surface area (Å²) in [6.07, 6.45) is 3.25. The maximum atomic E-state index is 12.7. The maximum absolute atomic E-state index is 12.7. The number of hydrogen-bond donors (Lipinski definition) is 2. The molecule has 9 heteroatoms. The summed E-state index contributed by atoms with van der Waals surface area (Å²) in [5.74, 6) is 1.28. The molecule has 1 aliphatic heterocycles. The smallest absolute Gasteiger partial charge is 0.253 e. The van der Waals surface area contributed by atoms with Crippen LogP contribution in [0.3, 0.4) is 0 Å². The molecule has 0 bridgehead atoms. The first-order chi connectivity index (χ1) is 13.0. The van der Waals surface area contributed by atoms with Crippen LogP contribution in [-0.4, -0.2) is 54.1 Å². The number of anilines is 2. The van der Waals surface area contributed by atoms with Crippen molar-refractivity contribution in [1.82, 2.24) is 14.9 Å². The molecule has 3 rings (SSSR count). The van der Waals surface area contributed by atoms with Crippen LogP contribution in [0.25, 0.3) is 0 Å². The SMILES string of the molecule is COc1cc(C(=O)N2CCC(N)CC2)ccc1Nc1ncc(Br)c(OC)n1. The van der Waals surface area contributed by atoms with E-state index >= 15 is 0 Å². The van der Waals surface area contributed by atoms with Gasteiger partial charge in [0.15, 0.2) is 0 Å². The molecule has 1 aromatic heterocycles. The van der Waals surface area contributed by atoms with Gasteiger partial charge in [0.25, 0.3) is 5.91 Å². The number of benzene rings is 1. The molecule has 0 radical (unpaired) electrons. The Morgan fingerprint density at radius 3 is 2.70 bits per heavy atom. The summed E-state index contributed by atoms with van der Waals surface area (Å²) < 4.78 is 11.3. The molecule has 2 aromatic rings. The van der Waals surface area contributed by atoms with Crippen molar-refractivity contribution in [1.29, 1.82) is 0 Å². The summed E-state index contributed by atoms with van der Waals surface area (Å²) in [5.41, 5.74) is 7.14. The largest absolute Gasteiger partial charge is 0.495 e. The molecule has 1 aliphatic rings. The number of aromatic nitrogens is 2. The number of rotatable bonds is 5. The second kappa shape index (κ2) is 8.53. The zero-order valence-corrected chi connectivity index (χ0v) is 16.8. The number of amides is 1. The number of methoxy groups -OCH3 is 2. The van der Waals surface area contributed by atoms with Gasteiger partial charge >= 0.3 is 0 Å². The number of nitrogens with zero attached hydrogens (tertiary/aromatic N) is 3. The molecule has 0 unspecified atom stereocenters. The maximum Gasteiger partial charge on any atom is 0.253 e. The minimum Gasteiger partial charge on any atom is -0.495 e. The van der Waals surface area contributed by atoms with Gasteiger partial charge in [0.05, 0.1) is 30.6 Å². The summed E-state index contributed by atoms with van der Waals surface area (Å²) in [6.45, 7) is 1.35. The Hall–Kier alpha value is -2.39. The molecule has 27 heavy (non-hydrogen) atoms. The monoisotopic (exact) mass is 435 g/mol. The minimum absolute atomic E-state index is 0.0201. The summed E-state index contributed by atoms with van der Waals surface area (Å²) in [7, 11) is 3.09. The van der Waals surface area contributed by atoms with Crippen LogP contribution in [0.2, 0.25) is 0 Å². The van der Waals surface area contributed by atoms with Crippen molar-refractivity contribution in [3.63, 3.8) is 0 Å².